The number of hydrogen-bond donors (Lipinski definition) is 1. The van der Waals surface area contributed by atoms with E-state index in [2.05, 4.69) is 18.0 Å². The Morgan fingerprint density at radius 3 is 2.81 bits per heavy atom. The van der Waals surface area contributed by atoms with Crippen LogP contribution in [0.1, 0.15) is 17.7 Å². The molecule has 1 aromatic rings. The van der Waals surface area contributed by atoms with Gasteiger partial charge in [0.05, 0.1) is 10.6 Å². The highest BCUT2D eigenvalue weighted by molar-refractivity contribution is 7.99. The Balaban J connectivity index is 2.27. The number of thiophene rings is 1. The van der Waals surface area contributed by atoms with Gasteiger partial charge in [0.2, 0.25) is 0 Å². The standard InChI is InChI=1S/C11H15N3S2/c1-14(6-7-3-4-7)11-10(15-2)9(13)8(5-12)16-11/h7H,3-4,6,13H2,1-2H3. The highest BCUT2D eigenvalue weighted by Crippen LogP contribution is 2.44. The van der Waals surface area contributed by atoms with Crippen molar-refractivity contribution in [1.82, 2.24) is 0 Å². The zero-order valence-corrected chi connectivity index (χ0v) is 11.1. The van der Waals surface area contributed by atoms with Gasteiger partial charge in [-0.1, -0.05) is 0 Å². The second-order valence-electron chi connectivity index (χ2n) is 4.12. The summed E-state index contributed by atoms with van der Waals surface area (Å²) < 4.78 is 0. The molecule has 16 heavy (non-hydrogen) atoms. The number of nitriles is 1. The van der Waals surface area contributed by atoms with Crippen LogP contribution in [-0.2, 0) is 0 Å². The topological polar surface area (TPSA) is 53.0 Å². The van der Waals surface area contributed by atoms with Gasteiger partial charge in [-0.05, 0) is 25.0 Å². The molecule has 0 amide bonds. The normalized spacial score (nSPS) is 14.8. The first-order chi connectivity index (χ1) is 7.67. The maximum Gasteiger partial charge on any atom is 0.131 e. The van der Waals surface area contributed by atoms with Crippen molar-refractivity contribution in [1.29, 1.82) is 5.26 Å². The van der Waals surface area contributed by atoms with Gasteiger partial charge >= 0.3 is 0 Å². The van der Waals surface area contributed by atoms with Gasteiger partial charge in [-0.25, -0.2) is 0 Å². The molecule has 86 valence electrons. The fraction of sp³-hybridized carbons (Fsp3) is 0.545. The van der Waals surface area contributed by atoms with E-state index in [-0.39, 0.29) is 0 Å². The molecule has 1 fully saturated rings. The van der Waals surface area contributed by atoms with Gasteiger partial charge in [0.15, 0.2) is 0 Å². The summed E-state index contributed by atoms with van der Waals surface area (Å²) in [4.78, 5) is 3.94. The monoisotopic (exact) mass is 253 g/mol. The minimum absolute atomic E-state index is 0.641. The molecule has 1 aromatic heterocycles. The highest BCUT2D eigenvalue weighted by atomic mass is 32.2. The summed E-state index contributed by atoms with van der Waals surface area (Å²) in [5.74, 6) is 0.841. The molecule has 0 bridgehead atoms. The molecule has 0 radical (unpaired) electrons. The van der Waals surface area contributed by atoms with Crippen molar-refractivity contribution < 1.29 is 0 Å². The average molecular weight is 253 g/mol. The largest absolute Gasteiger partial charge is 0.396 e. The number of nitrogen functional groups attached to an aromatic ring is 1. The van der Waals surface area contributed by atoms with Crippen LogP contribution in [0.5, 0.6) is 0 Å². The fourth-order valence-electron chi connectivity index (χ4n) is 1.72. The first kappa shape index (κ1) is 11.6. The number of nitrogens with two attached hydrogens (primary N) is 1. The Morgan fingerprint density at radius 1 is 1.62 bits per heavy atom. The highest BCUT2D eigenvalue weighted by Gasteiger charge is 2.25. The van der Waals surface area contributed by atoms with Crippen LogP contribution in [0.2, 0.25) is 0 Å². The van der Waals surface area contributed by atoms with E-state index < -0.39 is 0 Å². The van der Waals surface area contributed by atoms with Crippen molar-refractivity contribution >= 4 is 33.8 Å². The van der Waals surface area contributed by atoms with E-state index in [0.29, 0.717) is 10.6 Å². The Bertz CT molecular complexity index is 429. The number of rotatable bonds is 4. The lowest BCUT2D eigenvalue weighted by molar-refractivity contribution is 0.788. The average Bonchev–Trinajstić information content (AvgIpc) is 3.01. The summed E-state index contributed by atoms with van der Waals surface area (Å²) in [6.07, 6.45) is 4.68. The summed E-state index contributed by atoms with van der Waals surface area (Å²) in [6, 6.07) is 2.17. The number of anilines is 2. The minimum Gasteiger partial charge on any atom is -0.396 e. The van der Waals surface area contributed by atoms with Crippen molar-refractivity contribution in [2.24, 2.45) is 5.92 Å². The molecule has 1 aliphatic rings. The van der Waals surface area contributed by atoms with E-state index in [1.165, 1.54) is 24.2 Å². The van der Waals surface area contributed by atoms with Gasteiger partial charge < -0.3 is 10.6 Å². The quantitative estimate of drug-likeness (QED) is 0.838. The molecule has 0 unspecified atom stereocenters. The lowest BCUT2D eigenvalue weighted by Gasteiger charge is -2.18. The fourth-order valence-corrected chi connectivity index (χ4v) is 3.69. The molecular weight excluding hydrogens is 238 g/mol. The van der Waals surface area contributed by atoms with Gasteiger partial charge in [0.25, 0.3) is 0 Å². The maximum absolute atomic E-state index is 8.98. The van der Waals surface area contributed by atoms with Gasteiger partial charge in [0.1, 0.15) is 15.9 Å². The number of hydrogen-bond acceptors (Lipinski definition) is 5. The van der Waals surface area contributed by atoms with Gasteiger partial charge in [-0.2, -0.15) is 5.26 Å². The summed E-state index contributed by atoms with van der Waals surface area (Å²) in [6.45, 7) is 1.08. The number of nitrogens with zero attached hydrogens (tertiary/aromatic N) is 2. The van der Waals surface area contributed by atoms with Crippen molar-refractivity contribution in [3.05, 3.63) is 4.88 Å². The van der Waals surface area contributed by atoms with E-state index in [4.69, 9.17) is 11.0 Å². The molecule has 2 rings (SSSR count). The zero-order chi connectivity index (χ0) is 11.7. The van der Waals surface area contributed by atoms with E-state index >= 15 is 0 Å². The predicted molar refractivity (Wildman–Crippen MR) is 71.2 cm³/mol. The van der Waals surface area contributed by atoms with Crippen molar-refractivity contribution in [3.63, 3.8) is 0 Å². The molecule has 0 saturated heterocycles. The number of thioether (sulfide) groups is 1. The van der Waals surface area contributed by atoms with Crippen LogP contribution in [0.15, 0.2) is 4.90 Å². The van der Waals surface area contributed by atoms with Gasteiger partial charge in [0, 0.05) is 13.6 Å². The van der Waals surface area contributed by atoms with Gasteiger partial charge in [-0.3, -0.25) is 0 Å². The third kappa shape index (κ3) is 2.13. The first-order valence-corrected chi connectivity index (χ1v) is 7.29. The molecule has 0 aromatic carbocycles. The Morgan fingerprint density at radius 2 is 2.31 bits per heavy atom. The molecule has 0 atom stereocenters. The van der Waals surface area contributed by atoms with Crippen LogP contribution in [0.4, 0.5) is 10.7 Å². The molecule has 1 saturated carbocycles. The second-order valence-corrected chi connectivity index (χ2v) is 5.93. The van der Waals surface area contributed by atoms with E-state index in [0.717, 1.165) is 22.4 Å². The van der Waals surface area contributed by atoms with Crippen LogP contribution in [0.25, 0.3) is 0 Å². The molecule has 0 aliphatic heterocycles. The molecule has 2 N–H and O–H groups in total. The molecule has 3 nitrogen and oxygen atoms in total. The van der Waals surface area contributed by atoms with Crippen molar-refractivity contribution in [2.75, 3.05) is 30.5 Å². The summed E-state index contributed by atoms with van der Waals surface area (Å²) >= 11 is 3.13. The van der Waals surface area contributed by atoms with Crippen molar-refractivity contribution in [2.45, 2.75) is 17.7 Å². The second kappa shape index (κ2) is 4.56. The van der Waals surface area contributed by atoms with E-state index in [1.54, 1.807) is 11.8 Å². The molecular formula is C11H15N3S2. The maximum atomic E-state index is 8.98. The van der Waals surface area contributed by atoms with E-state index in [9.17, 15) is 0 Å². The summed E-state index contributed by atoms with van der Waals surface area (Å²) in [5.41, 5.74) is 6.60. The lowest BCUT2D eigenvalue weighted by atomic mass is 10.3. The molecule has 5 heteroatoms. The third-order valence-electron chi connectivity index (χ3n) is 2.76. The molecule has 0 spiro atoms. The van der Waals surface area contributed by atoms with Crippen LogP contribution >= 0.6 is 23.1 Å². The van der Waals surface area contributed by atoms with Crippen LogP contribution in [-0.4, -0.2) is 19.8 Å². The third-order valence-corrected chi connectivity index (χ3v) is 4.94. The van der Waals surface area contributed by atoms with Gasteiger partial charge in [-0.15, -0.1) is 23.1 Å². The summed E-state index contributed by atoms with van der Waals surface area (Å²) in [5, 5.41) is 10.1. The van der Waals surface area contributed by atoms with Crippen LogP contribution in [0, 0.1) is 17.2 Å². The Labute approximate surface area is 104 Å². The lowest BCUT2D eigenvalue weighted by Crippen LogP contribution is -2.19. The smallest absolute Gasteiger partial charge is 0.131 e. The molecule has 1 heterocycles. The van der Waals surface area contributed by atoms with Crippen LogP contribution in [0.3, 0.4) is 0 Å². The predicted octanol–water partition coefficient (Wildman–Crippen LogP) is 2.77. The minimum atomic E-state index is 0.641. The zero-order valence-electron chi connectivity index (χ0n) is 9.49. The molecule has 1 aliphatic carbocycles. The van der Waals surface area contributed by atoms with Crippen LogP contribution < -0.4 is 10.6 Å². The Kier molecular flexibility index (Phi) is 3.31. The summed E-state index contributed by atoms with van der Waals surface area (Å²) in [7, 11) is 2.09. The Hall–Kier alpha value is -0.860. The van der Waals surface area contributed by atoms with E-state index in [1.807, 2.05) is 6.26 Å². The van der Waals surface area contributed by atoms with Crippen molar-refractivity contribution in [3.8, 4) is 6.07 Å². The first-order valence-electron chi connectivity index (χ1n) is 5.24. The SMILES string of the molecule is CSc1c(N(C)CC2CC2)sc(C#N)c1N.